The Balaban J connectivity index is 2.15. The lowest BCUT2D eigenvalue weighted by atomic mass is 10.1. The van der Waals surface area contributed by atoms with Gasteiger partial charge in [0.2, 0.25) is 0 Å². The van der Waals surface area contributed by atoms with Crippen LogP contribution in [-0.4, -0.2) is 11.1 Å². The van der Waals surface area contributed by atoms with Crippen molar-refractivity contribution in [3.63, 3.8) is 0 Å². The van der Waals surface area contributed by atoms with Gasteiger partial charge in [-0.05, 0) is 50.6 Å². The van der Waals surface area contributed by atoms with Crippen molar-refractivity contribution >= 4 is 5.82 Å². The highest BCUT2D eigenvalue weighted by Gasteiger charge is 2.11. The van der Waals surface area contributed by atoms with Crippen LogP contribution in [-0.2, 0) is 0 Å². The number of anilines is 1. The van der Waals surface area contributed by atoms with Crippen molar-refractivity contribution < 1.29 is 4.74 Å². The van der Waals surface area contributed by atoms with Crippen LogP contribution in [0.5, 0.6) is 5.75 Å². The minimum atomic E-state index is 0.0714. The van der Waals surface area contributed by atoms with Gasteiger partial charge in [0, 0.05) is 6.20 Å². The number of ether oxygens (including phenoxy) is 1. The van der Waals surface area contributed by atoms with Crippen LogP contribution in [0.25, 0.3) is 0 Å². The fraction of sp³-hybridized carbons (Fsp3) is 0.294. The van der Waals surface area contributed by atoms with Crippen LogP contribution >= 0.6 is 0 Å². The minimum absolute atomic E-state index is 0.0714. The molecule has 1 aromatic heterocycles. The van der Waals surface area contributed by atoms with E-state index in [0.717, 1.165) is 17.1 Å². The highest BCUT2D eigenvalue weighted by Crippen LogP contribution is 2.26. The maximum Gasteiger partial charge on any atom is 0.169 e. The molecule has 1 unspecified atom stereocenters. The molecule has 0 fully saturated rings. The fourth-order valence-corrected chi connectivity index (χ4v) is 1.98. The van der Waals surface area contributed by atoms with Gasteiger partial charge in [0.05, 0.1) is 23.8 Å². The normalized spacial score (nSPS) is 11.8. The van der Waals surface area contributed by atoms with Gasteiger partial charge in [0.1, 0.15) is 0 Å². The number of hydrogen-bond acceptors (Lipinski definition) is 4. The Bertz CT molecular complexity index is 629. The number of nitriles is 1. The summed E-state index contributed by atoms with van der Waals surface area (Å²) in [6.07, 6.45) is 1.83. The second kappa shape index (κ2) is 6.76. The molecule has 0 amide bonds. The second-order valence-corrected chi connectivity index (χ2v) is 5.12. The van der Waals surface area contributed by atoms with Crippen LogP contribution in [0.4, 0.5) is 5.82 Å². The Labute approximate surface area is 125 Å². The molecule has 21 heavy (non-hydrogen) atoms. The van der Waals surface area contributed by atoms with Crippen molar-refractivity contribution in [3.8, 4) is 11.8 Å². The zero-order valence-corrected chi connectivity index (χ0v) is 12.5. The van der Waals surface area contributed by atoms with E-state index in [1.165, 1.54) is 0 Å². The van der Waals surface area contributed by atoms with Crippen LogP contribution < -0.4 is 10.1 Å². The van der Waals surface area contributed by atoms with Gasteiger partial charge in [-0.15, -0.1) is 0 Å². The molecule has 0 aliphatic carbocycles. The molecule has 4 nitrogen and oxygen atoms in total. The predicted molar refractivity (Wildman–Crippen MR) is 83.2 cm³/mol. The van der Waals surface area contributed by atoms with Crippen LogP contribution in [0, 0.1) is 11.3 Å². The Hall–Kier alpha value is -2.54. The summed E-state index contributed by atoms with van der Waals surface area (Å²) in [4.78, 5) is 4.34. The average molecular weight is 281 g/mol. The first-order chi connectivity index (χ1) is 10.1. The van der Waals surface area contributed by atoms with Crippen molar-refractivity contribution in [3.05, 3.63) is 53.7 Å². The smallest absolute Gasteiger partial charge is 0.169 e. The number of aromatic nitrogens is 1. The summed E-state index contributed by atoms with van der Waals surface area (Å²) in [6.45, 7) is 6.02. The molecule has 108 valence electrons. The lowest BCUT2D eigenvalue weighted by Crippen LogP contribution is -2.12. The van der Waals surface area contributed by atoms with Crippen molar-refractivity contribution in [2.24, 2.45) is 0 Å². The standard InChI is InChI=1S/C17H19N3O/c1-12(2)21-16-5-4-10-19-17(16)20-13(3)15-8-6-14(11-18)7-9-15/h4-10,12-13H,1-3H3,(H,19,20). The Morgan fingerprint density at radius 1 is 1.14 bits per heavy atom. The van der Waals surface area contributed by atoms with Crippen molar-refractivity contribution in [2.75, 3.05) is 5.32 Å². The quantitative estimate of drug-likeness (QED) is 0.902. The number of hydrogen-bond donors (Lipinski definition) is 1. The molecule has 2 aromatic rings. The summed E-state index contributed by atoms with van der Waals surface area (Å²) >= 11 is 0. The third-order valence-corrected chi connectivity index (χ3v) is 3.03. The van der Waals surface area contributed by atoms with Crippen LogP contribution in [0.2, 0.25) is 0 Å². The number of nitrogens with one attached hydrogen (secondary N) is 1. The Morgan fingerprint density at radius 3 is 2.48 bits per heavy atom. The zero-order chi connectivity index (χ0) is 15.2. The Morgan fingerprint density at radius 2 is 1.86 bits per heavy atom. The number of rotatable bonds is 5. The summed E-state index contributed by atoms with van der Waals surface area (Å²) in [5, 5.41) is 12.2. The van der Waals surface area contributed by atoms with Gasteiger partial charge in [0.15, 0.2) is 11.6 Å². The van der Waals surface area contributed by atoms with Gasteiger partial charge in [0.25, 0.3) is 0 Å². The van der Waals surface area contributed by atoms with Crippen LogP contribution in [0.1, 0.15) is 37.9 Å². The van der Waals surface area contributed by atoms with Gasteiger partial charge in [-0.1, -0.05) is 12.1 Å². The minimum Gasteiger partial charge on any atom is -0.487 e. The monoisotopic (exact) mass is 281 g/mol. The van der Waals surface area contributed by atoms with Gasteiger partial charge in [-0.2, -0.15) is 5.26 Å². The molecule has 0 saturated carbocycles. The molecular formula is C17H19N3O. The molecule has 1 aromatic carbocycles. The van der Waals surface area contributed by atoms with Crippen LogP contribution in [0.3, 0.4) is 0 Å². The highest BCUT2D eigenvalue weighted by molar-refractivity contribution is 5.51. The topological polar surface area (TPSA) is 57.9 Å². The number of nitrogens with zero attached hydrogens (tertiary/aromatic N) is 2. The van der Waals surface area contributed by atoms with Gasteiger partial charge < -0.3 is 10.1 Å². The van der Waals surface area contributed by atoms with E-state index >= 15 is 0 Å². The molecule has 0 saturated heterocycles. The molecule has 4 heteroatoms. The highest BCUT2D eigenvalue weighted by atomic mass is 16.5. The van der Waals surface area contributed by atoms with Gasteiger partial charge >= 0.3 is 0 Å². The molecule has 0 bridgehead atoms. The van der Waals surface area contributed by atoms with E-state index in [-0.39, 0.29) is 12.1 Å². The van der Waals surface area contributed by atoms with Crippen molar-refractivity contribution in [1.29, 1.82) is 5.26 Å². The average Bonchev–Trinajstić information content (AvgIpc) is 2.49. The van der Waals surface area contributed by atoms with Gasteiger partial charge in [-0.3, -0.25) is 0 Å². The largest absolute Gasteiger partial charge is 0.487 e. The van der Waals surface area contributed by atoms with Crippen molar-refractivity contribution in [2.45, 2.75) is 32.9 Å². The molecule has 0 radical (unpaired) electrons. The zero-order valence-electron chi connectivity index (χ0n) is 12.5. The summed E-state index contributed by atoms with van der Waals surface area (Å²) in [5.41, 5.74) is 1.75. The maximum absolute atomic E-state index is 8.83. The SMILES string of the molecule is CC(C)Oc1cccnc1NC(C)c1ccc(C#N)cc1. The second-order valence-electron chi connectivity index (χ2n) is 5.12. The van der Waals surface area contributed by atoms with E-state index in [4.69, 9.17) is 10.00 Å². The summed E-state index contributed by atoms with van der Waals surface area (Å²) < 4.78 is 5.75. The number of pyridine rings is 1. The first kappa shape index (κ1) is 14.9. The van der Waals surface area contributed by atoms with E-state index in [9.17, 15) is 0 Å². The first-order valence-corrected chi connectivity index (χ1v) is 6.98. The predicted octanol–water partition coefficient (Wildman–Crippen LogP) is 3.91. The summed E-state index contributed by atoms with van der Waals surface area (Å²) in [6, 6.07) is 13.5. The molecular weight excluding hydrogens is 262 g/mol. The lowest BCUT2D eigenvalue weighted by Gasteiger charge is -2.19. The third-order valence-electron chi connectivity index (χ3n) is 3.03. The van der Waals surface area contributed by atoms with Crippen molar-refractivity contribution in [1.82, 2.24) is 4.98 Å². The molecule has 1 N–H and O–H groups in total. The summed E-state index contributed by atoms with van der Waals surface area (Å²) in [5.74, 6) is 1.47. The molecule has 0 aliphatic rings. The van der Waals surface area contributed by atoms with Crippen LogP contribution in [0.15, 0.2) is 42.6 Å². The van der Waals surface area contributed by atoms with Gasteiger partial charge in [-0.25, -0.2) is 4.98 Å². The fourth-order valence-electron chi connectivity index (χ4n) is 1.98. The lowest BCUT2D eigenvalue weighted by molar-refractivity contribution is 0.242. The van der Waals surface area contributed by atoms with E-state index in [0.29, 0.717) is 5.56 Å². The third kappa shape index (κ3) is 3.96. The summed E-state index contributed by atoms with van der Waals surface area (Å²) in [7, 11) is 0. The van der Waals surface area contributed by atoms with E-state index in [1.54, 1.807) is 6.20 Å². The molecule has 2 rings (SSSR count). The van der Waals surface area contributed by atoms with E-state index in [1.807, 2.05) is 50.2 Å². The van der Waals surface area contributed by atoms with E-state index in [2.05, 4.69) is 23.3 Å². The van der Waals surface area contributed by atoms with E-state index < -0.39 is 0 Å². The number of benzene rings is 1. The molecule has 0 aliphatic heterocycles. The molecule has 0 spiro atoms. The maximum atomic E-state index is 8.83. The first-order valence-electron chi connectivity index (χ1n) is 6.98. The Kier molecular flexibility index (Phi) is 4.78. The molecule has 1 atom stereocenters. The molecule has 1 heterocycles.